The summed E-state index contributed by atoms with van der Waals surface area (Å²) in [7, 11) is 0. The lowest BCUT2D eigenvalue weighted by molar-refractivity contribution is 0.373. The molecule has 25 heavy (non-hydrogen) atoms. The van der Waals surface area contributed by atoms with Crippen LogP contribution >= 0.6 is 23.2 Å². The number of aromatic nitrogens is 3. The van der Waals surface area contributed by atoms with Crippen molar-refractivity contribution in [1.82, 2.24) is 15.0 Å². The maximum Gasteiger partial charge on any atom is 0.142 e. The molecule has 0 aliphatic heterocycles. The highest BCUT2D eigenvalue weighted by Crippen LogP contribution is 2.31. The van der Waals surface area contributed by atoms with Crippen LogP contribution in [0.4, 0.5) is 5.82 Å². The summed E-state index contributed by atoms with van der Waals surface area (Å²) in [6, 6.07) is 7.54. The van der Waals surface area contributed by atoms with Gasteiger partial charge in [-0.2, -0.15) is 0 Å². The Morgan fingerprint density at radius 2 is 1.92 bits per heavy atom. The second kappa shape index (κ2) is 7.22. The first-order valence-corrected chi connectivity index (χ1v) is 9.50. The van der Waals surface area contributed by atoms with Crippen LogP contribution in [0.2, 0.25) is 10.0 Å². The van der Waals surface area contributed by atoms with Crippen LogP contribution in [0, 0.1) is 5.92 Å². The van der Waals surface area contributed by atoms with Gasteiger partial charge in [0.1, 0.15) is 11.6 Å². The minimum absolute atomic E-state index is 0.508. The fourth-order valence-electron chi connectivity index (χ4n) is 3.50. The van der Waals surface area contributed by atoms with Crippen LogP contribution in [0.1, 0.15) is 32.1 Å². The lowest BCUT2D eigenvalue weighted by Crippen LogP contribution is -2.18. The molecule has 0 bridgehead atoms. The highest BCUT2D eigenvalue weighted by molar-refractivity contribution is 6.42. The SMILES string of the molecule is Clc1cc2nc(-c3cccnc3NCC3CCCCC3)[nH]c2cc1Cl. The second-order valence-electron chi connectivity index (χ2n) is 6.65. The molecular formula is C19H20Cl2N4. The van der Waals surface area contributed by atoms with Gasteiger partial charge in [0.25, 0.3) is 0 Å². The number of anilines is 1. The molecule has 0 amide bonds. The third kappa shape index (κ3) is 3.60. The van der Waals surface area contributed by atoms with Gasteiger partial charge in [-0.3, -0.25) is 0 Å². The van der Waals surface area contributed by atoms with Crippen molar-refractivity contribution in [2.24, 2.45) is 5.92 Å². The molecule has 1 aliphatic rings. The number of pyridine rings is 1. The first kappa shape index (κ1) is 16.7. The number of hydrogen-bond donors (Lipinski definition) is 2. The Morgan fingerprint density at radius 3 is 2.76 bits per heavy atom. The summed E-state index contributed by atoms with van der Waals surface area (Å²) < 4.78 is 0. The molecule has 0 radical (unpaired) electrons. The number of imidazole rings is 1. The van der Waals surface area contributed by atoms with Gasteiger partial charge in [-0.25, -0.2) is 9.97 Å². The van der Waals surface area contributed by atoms with E-state index in [-0.39, 0.29) is 0 Å². The van der Waals surface area contributed by atoms with Crippen molar-refractivity contribution in [2.45, 2.75) is 32.1 Å². The van der Waals surface area contributed by atoms with Gasteiger partial charge in [0, 0.05) is 12.7 Å². The van der Waals surface area contributed by atoms with E-state index in [1.54, 1.807) is 12.1 Å². The Balaban J connectivity index is 1.61. The summed E-state index contributed by atoms with van der Waals surface area (Å²) in [5.74, 6) is 2.37. The van der Waals surface area contributed by atoms with Crippen molar-refractivity contribution in [2.75, 3.05) is 11.9 Å². The molecule has 1 aromatic carbocycles. The van der Waals surface area contributed by atoms with Crippen molar-refractivity contribution in [3.8, 4) is 11.4 Å². The molecule has 0 saturated heterocycles. The van der Waals surface area contributed by atoms with Crippen molar-refractivity contribution in [3.63, 3.8) is 0 Å². The molecule has 4 rings (SSSR count). The van der Waals surface area contributed by atoms with Crippen LogP contribution in [0.15, 0.2) is 30.5 Å². The van der Waals surface area contributed by atoms with E-state index in [1.165, 1.54) is 32.1 Å². The number of benzene rings is 1. The second-order valence-corrected chi connectivity index (χ2v) is 7.47. The molecule has 2 aromatic heterocycles. The highest BCUT2D eigenvalue weighted by Gasteiger charge is 2.16. The highest BCUT2D eigenvalue weighted by atomic mass is 35.5. The Hall–Kier alpha value is -1.78. The fourth-order valence-corrected chi connectivity index (χ4v) is 3.82. The Labute approximate surface area is 157 Å². The quantitative estimate of drug-likeness (QED) is 0.595. The number of aromatic amines is 1. The van der Waals surface area contributed by atoms with Crippen molar-refractivity contribution in [3.05, 3.63) is 40.5 Å². The average molecular weight is 375 g/mol. The molecule has 1 saturated carbocycles. The Kier molecular flexibility index (Phi) is 4.82. The van der Waals surface area contributed by atoms with Crippen molar-refractivity contribution in [1.29, 1.82) is 0 Å². The lowest BCUT2D eigenvalue weighted by Gasteiger charge is -2.22. The predicted octanol–water partition coefficient (Wildman–Crippen LogP) is 5.92. The van der Waals surface area contributed by atoms with Crippen molar-refractivity contribution >= 4 is 40.1 Å². The zero-order chi connectivity index (χ0) is 17.2. The zero-order valence-electron chi connectivity index (χ0n) is 13.9. The van der Waals surface area contributed by atoms with Crippen LogP contribution in [0.5, 0.6) is 0 Å². The van der Waals surface area contributed by atoms with Gasteiger partial charge in [0.05, 0.1) is 26.6 Å². The molecule has 0 atom stereocenters. The van der Waals surface area contributed by atoms with Crippen molar-refractivity contribution < 1.29 is 0 Å². The summed E-state index contributed by atoms with van der Waals surface area (Å²) in [5, 5.41) is 4.55. The molecule has 1 aliphatic carbocycles. The average Bonchev–Trinajstić information content (AvgIpc) is 3.04. The summed E-state index contributed by atoms with van der Waals surface area (Å²) in [4.78, 5) is 12.5. The maximum absolute atomic E-state index is 6.11. The smallest absolute Gasteiger partial charge is 0.142 e. The van der Waals surface area contributed by atoms with E-state index in [0.717, 1.165) is 40.7 Å². The number of fused-ring (bicyclic) bond motifs is 1. The Bertz CT molecular complexity index is 845. The molecule has 4 nitrogen and oxygen atoms in total. The molecule has 2 heterocycles. The zero-order valence-corrected chi connectivity index (χ0v) is 15.4. The number of halogens is 2. The van der Waals surface area contributed by atoms with Crippen LogP contribution in [-0.4, -0.2) is 21.5 Å². The minimum atomic E-state index is 0.508. The van der Waals surface area contributed by atoms with E-state index in [0.29, 0.717) is 10.0 Å². The van der Waals surface area contributed by atoms with Crippen LogP contribution in [0.3, 0.4) is 0 Å². The third-order valence-electron chi connectivity index (χ3n) is 4.87. The molecule has 0 unspecified atom stereocenters. The van der Waals surface area contributed by atoms with Gasteiger partial charge < -0.3 is 10.3 Å². The van der Waals surface area contributed by atoms with E-state index >= 15 is 0 Å². The van der Waals surface area contributed by atoms with E-state index in [9.17, 15) is 0 Å². The number of nitrogens with one attached hydrogen (secondary N) is 2. The van der Waals surface area contributed by atoms with Gasteiger partial charge in [-0.05, 0) is 43.0 Å². The first-order chi connectivity index (χ1) is 12.2. The molecule has 2 N–H and O–H groups in total. The number of hydrogen-bond acceptors (Lipinski definition) is 3. The topological polar surface area (TPSA) is 53.6 Å². The predicted molar refractivity (Wildman–Crippen MR) is 104 cm³/mol. The van der Waals surface area contributed by atoms with E-state index < -0.39 is 0 Å². The summed E-state index contributed by atoms with van der Waals surface area (Å²) in [5.41, 5.74) is 2.62. The molecule has 130 valence electrons. The van der Waals surface area contributed by atoms with Gasteiger partial charge in [-0.15, -0.1) is 0 Å². The van der Waals surface area contributed by atoms with Crippen LogP contribution in [0.25, 0.3) is 22.4 Å². The lowest BCUT2D eigenvalue weighted by atomic mass is 9.89. The standard InChI is InChI=1S/C19H20Cl2N4/c20-14-9-16-17(10-15(14)21)25-19(24-16)13-7-4-8-22-18(13)23-11-12-5-2-1-3-6-12/h4,7-10,12H,1-3,5-6,11H2,(H,22,23)(H,24,25). The summed E-state index contributed by atoms with van der Waals surface area (Å²) in [6.45, 7) is 0.960. The Morgan fingerprint density at radius 1 is 1.12 bits per heavy atom. The van der Waals surface area contributed by atoms with Gasteiger partial charge in [0.15, 0.2) is 0 Å². The van der Waals surface area contributed by atoms with E-state index in [1.807, 2.05) is 18.3 Å². The first-order valence-electron chi connectivity index (χ1n) is 8.75. The molecule has 0 spiro atoms. The maximum atomic E-state index is 6.11. The van der Waals surface area contributed by atoms with Crippen LogP contribution < -0.4 is 5.32 Å². The van der Waals surface area contributed by atoms with Gasteiger partial charge in [-0.1, -0.05) is 42.5 Å². The normalized spacial score (nSPS) is 15.6. The molecule has 3 aromatic rings. The summed E-state index contributed by atoms with van der Waals surface area (Å²) >= 11 is 12.2. The number of nitrogens with zero attached hydrogens (tertiary/aromatic N) is 2. The monoisotopic (exact) mass is 374 g/mol. The molecular weight excluding hydrogens is 355 g/mol. The van der Waals surface area contributed by atoms with E-state index in [2.05, 4.69) is 20.3 Å². The minimum Gasteiger partial charge on any atom is -0.369 e. The van der Waals surface area contributed by atoms with Gasteiger partial charge >= 0.3 is 0 Å². The largest absolute Gasteiger partial charge is 0.369 e. The fraction of sp³-hybridized carbons (Fsp3) is 0.368. The van der Waals surface area contributed by atoms with Crippen LogP contribution in [-0.2, 0) is 0 Å². The van der Waals surface area contributed by atoms with Gasteiger partial charge in [0.2, 0.25) is 0 Å². The number of H-pyrrole nitrogens is 1. The summed E-state index contributed by atoms with van der Waals surface area (Å²) in [6.07, 6.45) is 8.46. The molecule has 1 fully saturated rings. The van der Waals surface area contributed by atoms with E-state index in [4.69, 9.17) is 23.2 Å². The molecule has 6 heteroatoms. The third-order valence-corrected chi connectivity index (χ3v) is 5.59. The number of rotatable bonds is 4.